The standard InChI is InChI=1S/C20H24N4O/c25-20(24-11-8-16-3-1-2-4-17(16)9-12-24)21-10-7-15-13-22-19(23-14-15)18-5-6-18/h1-4,13-14,18H,5-12H2,(H,21,25). The Bertz CT molecular complexity index is 713. The van der Waals surface area contributed by atoms with Crippen LogP contribution >= 0.6 is 0 Å². The molecule has 4 rings (SSSR count). The van der Waals surface area contributed by atoms with E-state index in [0.29, 0.717) is 12.5 Å². The summed E-state index contributed by atoms with van der Waals surface area (Å²) in [6, 6.07) is 8.52. The summed E-state index contributed by atoms with van der Waals surface area (Å²) in [5.41, 5.74) is 3.81. The highest BCUT2D eigenvalue weighted by Gasteiger charge is 2.26. The van der Waals surface area contributed by atoms with Gasteiger partial charge >= 0.3 is 6.03 Å². The SMILES string of the molecule is O=C(NCCc1cnc(C2CC2)nc1)N1CCc2ccccc2CC1. The third-order valence-electron chi connectivity index (χ3n) is 5.07. The molecule has 5 nitrogen and oxygen atoms in total. The molecule has 5 heteroatoms. The van der Waals surface area contributed by atoms with E-state index in [9.17, 15) is 4.79 Å². The summed E-state index contributed by atoms with van der Waals surface area (Å²) in [4.78, 5) is 23.2. The third-order valence-corrected chi connectivity index (χ3v) is 5.07. The van der Waals surface area contributed by atoms with Gasteiger partial charge in [-0.1, -0.05) is 24.3 Å². The number of nitrogens with one attached hydrogen (secondary N) is 1. The number of hydrogen-bond acceptors (Lipinski definition) is 3. The van der Waals surface area contributed by atoms with Crippen LogP contribution in [0.15, 0.2) is 36.7 Å². The zero-order valence-corrected chi connectivity index (χ0v) is 14.4. The van der Waals surface area contributed by atoms with Crippen LogP contribution in [0.5, 0.6) is 0 Å². The number of rotatable bonds is 4. The lowest BCUT2D eigenvalue weighted by molar-refractivity contribution is 0.200. The van der Waals surface area contributed by atoms with Crippen LogP contribution in [-0.2, 0) is 19.3 Å². The van der Waals surface area contributed by atoms with Gasteiger partial charge in [-0.3, -0.25) is 0 Å². The first kappa shape index (κ1) is 16.1. The molecule has 1 aromatic carbocycles. The highest BCUT2D eigenvalue weighted by Crippen LogP contribution is 2.37. The summed E-state index contributed by atoms with van der Waals surface area (Å²) >= 11 is 0. The van der Waals surface area contributed by atoms with Crippen LogP contribution in [0.2, 0.25) is 0 Å². The molecule has 1 saturated carbocycles. The normalized spacial score (nSPS) is 16.9. The maximum atomic E-state index is 12.4. The average molecular weight is 336 g/mol. The van der Waals surface area contributed by atoms with Gasteiger partial charge in [0.15, 0.2) is 0 Å². The van der Waals surface area contributed by atoms with Crippen LogP contribution in [0.3, 0.4) is 0 Å². The molecule has 1 N–H and O–H groups in total. The lowest BCUT2D eigenvalue weighted by atomic mass is 10.0. The van der Waals surface area contributed by atoms with Crippen molar-refractivity contribution in [3.05, 3.63) is 59.2 Å². The van der Waals surface area contributed by atoms with Gasteiger partial charge in [-0.15, -0.1) is 0 Å². The maximum absolute atomic E-state index is 12.4. The summed E-state index contributed by atoms with van der Waals surface area (Å²) in [5, 5.41) is 3.04. The monoisotopic (exact) mass is 336 g/mol. The smallest absolute Gasteiger partial charge is 0.317 e. The number of amides is 2. The van der Waals surface area contributed by atoms with E-state index in [1.165, 1.54) is 24.0 Å². The molecule has 25 heavy (non-hydrogen) atoms. The van der Waals surface area contributed by atoms with E-state index in [4.69, 9.17) is 0 Å². The molecule has 2 aromatic rings. The van der Waals surface area contributed by atoms with E-state index < -0.39 is 0 Å². The van der Waals surface area contributed by atoms with E-state index in [0.717, 1.165) is 43.7 Å². The number of urea groups is 1. The Morgan fingerprint density at radius 2 is 1.72 bits per heavy atom. The number of carbonyl (C=O) groups is 1. The Labute approximate surface area is 148 Å². The zero-order chi connectivity index (χ0) is 17.1. The van der Waals surface area contributed by atoms with Gasteiger partial charge in [-0.25, -0.2) is 14.8 Å². The van der Waals surface area contributed by atoms with Gasteiger partial charge in [-0.05, 0) is 48.8 Å². The fourth-order valence-electron chi connectivity index (χ4n) is 3.34. The molecule has 2 amide bonds. The molecule has 0 spiro atoms. The summed E-state index contributed by atoms with van der Waals surface area (Å²) < 4.78 is 0. The van der Waals surface area contributed by atoms with Crippen molar-refractivity contribution in [1.82, 2.24) is 20.2 Å². The Kier molecular flexibility index (Phi) is 4.63. The van der Waals surface area contributed by atoms with Crippen LogP contribution in [0.25, 0.3) is 0 Å². The molecule has 2 aliphatic rings. The third kappa shape index (κ3) is 3.98. The molecule has 0 atom stereocenters. The number of aromatic nitrogens is 2. The number of carbonyl (C=O) groups excluding carboxylic acids is 1. The molecule has 1 aliphatic heterocycles. The highest BCUT2D eigenvalue weighted by atomic mass is 16.2. The van der Waals surface area contributed by atoms with Gasteiger partial charge in [0, 0.05) is 37.9 Å². The number of benzene rings is 1. The van der Waals surface area contributed by atoms with Gasteiger partial charge in [-0.2, -0.15) is 0 Å². The predicted octanol–water partition coefficient (Wildman–Crippen LogP) is 2.71. The Balaban J connectivity index is 1.25. The topological polar surface area (TPSA) is 58.1 Å². The van der Waals surface area contributed by atoms with Gasteiger partial charge in [0.1, 0.15) is 5.82 Å². The fourth-order valence-corrected chi connectivity index (χ4v) is 3.34. The minimum Gasteiger partial charge on any atom is -0.338 e. The molecular weight excluding hydrogens is 312 g/mol. The molecule has 2 heterocycles. The lowest BCUT2D eigenvalue weighted by Gasteiger charge is -2.20. The van der Waals surface area contributed by atoms with Crippen LogP contribution in [0.4, 0.5) is 4.79 Å². The zero-order valence-electron chi connectivity index (χ0n) is 14.4. The van der Waals surface area contributed by atoms with Crippen LogP contribution in [0, 0.1) is 0 Å². The molecule has 1 aliphatic carbocycles. The van der Waals surface area contributed by atoms with Gasteiger partial charge in [0.2, 0.25) is 0 Å². The maximum Gasteiger partial charge on any atom is 0.317 e. The van der Waals surface area contributed by atoms with Crippen molar-refractivity contribution < 1.29 is 4.79 Å². The van der Waals surface area contributed by atoms with E-state index in [2.05, 4.69) is 39.6 Å². The Morgan fingerprint density at radius 3 is 2.32 bits per heavy atom. The molecule has 1 fully saturated rings. The predicted molar refractivity (Wildman–Crippen MR) is 96.5 cm³/mol. The van der Waals surface area contributed by atoms with Crippen molar-refractivity contribution >= 4 is 6.03 Å². The van der Waals surface area contributed by atoms with Gasteiger partial charge in [0.05, 0.1) is 0 Å². The molecule has 0 radical (unpaired) electrons. The van der Waals surface area contributed by atoms with Crippen LogP contribution in [0.1, 0.15) is 41.3 Å². The lowest BCUT2D eigenvalue weighted by Crippen LogP contribution is -2.42. The average Bonchev–Trinajstić information content (AvgIpc) is 3.49. The van der Waals surface area contributed by atoms with Crippen molar-refractivity contribution in [2.24, 2.45) is 0 Å². The second-order valence-corrected chi connectivity index (χ2v) is 6.96. The first-order chi connectivity index (χ1) is 12.3. The van der Waals surface area contributed by atoms with Crippen molar-refractivity contribution in [3.63, 3.8) is 0 Å². The second kappa shape index (κ2) is 7.21. The van der Waals surface area contributed by atoms with Crippen molar-refractivity contribution in [2.75, 3.05) is 19.6 Å². The van der Waals surface area contributed by atoms with E-state index >= 15 is 0 Å². The second-order valence-electron chi connectivity index (χ2n) is 6.96. The van der Waals surface area contributed by atoms with E-state index in [1.54, 1.807) is 0 Å². The fraction of sp³-hybridized carbons (Fsp3) is 0.450. The highest BCUT2D eigenvalue weighted by molar-refractivity contribution is 5.74. The molecule has 0 unspecified atom stereocenters. The van der Waals surface area contributed by atoms with E-state index in [-0.39, 0.29) is 6.03 Å². The van der Waals surface area contributed by atoms with Gasteiger partial charge in [0.25, 0.3) is 0 Å². The molecule has 130 valence electrons. The number of hydrogen-bond donors (Lipinski definition) is 1. The first-order valence-corrected chi connectivity index (χ1v) is 9.20. The quantitative estimate of drug-likeness (QED) is 0.934. The Morgan fingerprint density at radius 1 is 1.08 bits per heavy atom. The first-order valence-electron chi connectivity index (χ1n) is 9.20. The number of nitrogens with zero attached hydrogens (tertiary/aromatic N) is 3. The molecule has 0 saturated heterocycles. The van der Waals surface area contributed by atoms with Crippen molar-refractivity contribution in [2.45, 2.75) is 38.0 Å². The van der Waals surface area contributed by atoms with E-state index in [1.807, 2.05) is 17.3 Å². The summed E-state index contributed by atoms with van der Waals surface area (Å²) in [7, 11) is 0. The summed E-state index contributed by atoms with van der Waals surface area (Å²) in [6.45, 7) is 2.18. The molecular formula is C20H24N4O. The van der Waals surface area contributed by atoms with Crippen molar-refractivity contribution in [1.29, 1.82) is 0 Å². The largest absolute Gasteiger partial charge is 0.338 e. The van der Waals surface area contributed by atoms with Gasteiger partial charge < -0.3 is 10.2 Å². The minimum absolute atomic E-state index is 0.0309. The van der Waals surface area contributed by atoms with Crippen molar-refractivity contribution in [3.8, 4) is 0 Å². The van der Waals surface area contributed by atoms with Crippen LogP contribution < -0.4 is 5.32 Å². The molecule has 0 bridgehead atoms. The summed E-state index contributed by atoms with van der Waals surface area (Å²) in [5.74, 6) is 1.55. The minimum atomic E-state index is 0.0309. The molecule has 1 aromatic heterocycles. The summed E-state index contributed by atoms with van der Waals surface area (Å²) in [6.07, 6.45) is 8.86. The Hall–Kier alpha value is -2.43. The van der Waals surface area contributed by atoms with Crippen LogP contribution in [-0.4, -0.2) is 40.5 Å². The number of fused-ring (bicyclic) bond motifs is 1.